The highest BCUT2D eigenvalue weighted by atomic mass is 16.5. The van der Waals surface area contributed by atoms with Crippen molar-refractivity contribution in [2.75, 3.05) is 25.1 Å². The number of nitrogens with zero attached hydrogens (tertiary/aromatic N) is 1. The zero-order valence-electron chi connectivity index (χ0n) is 12.8. The molecule has 5 heteroatoms. The van der Waals surface area contributed by atoms with Crippen LogP contribution < -0.4 is 10.1 Å². The molecule has 1 heterocycles. The smallest absolute Gasteiger partial charge is 0.322 e. The lowest BCUT2D eigenvalue weighted by Crippen LogP contribution is -2.40. The van der Waals surface area contributed by atoms with Crippen LogP contribution in [0, 0.1) is 6.92 Å². The van der Waals surface area contributed by atoms with E-state index in [-0.39, 0.29) is 18.7 Å². The van der Waals surface area contributed by atoms with Crippen molar-refractivity contribution >= 4 is 11.7 Å². The zero-order valence-corrected chi connectivity index (χ0v) is 12.8. The number of urea groups is 1. The lowest BCUT2D eigenvalue weighted by Gasteiger charge is -2.24. The number of likely N-dealkylation sites (tertiary alicyclic amines) is 1. The predicted octanol–water partition coefficient (Wildman–Crippen LogP) is 2.77. The van der Waals surface area contributed by atoms with Gasteiger partial charge in [-0.2, -0.15) is 0 Å². The molecule has 21 heavy (non-hydrogen) atoms. The van der Waals surface area contributed by atoms with Crippen LogP contribution in [-0.4, -0.2) is 41.8 Å². The average Bonchev–Trinajstić information content (AvgIpc) is 2.96. The highest BCUT2D eigenvalue weighted by molar-refractivity contribution is 5.91. The van der Waals surface area contributed by atoms with Gasteiger partial charge in [-0.1, -0.05) is 13.0 Å². The first-order valence-corrected chi connectivity index (χ1v) is 7.57. The Labute approximate surface area is 125 Å². The van der Waals surface area contributed by atoms with Crippen molar-refractivity contribution in [1.29, 1.82) is 0 Å². The Balaban J connectivity index is 2.09. The maximum atomic E-state index is 12.3. The van der Waals surface area contributed by atoms with E-state index in [0.717, 1.165) is 24.8 Å². The van der Waals surface area contributed by atoms with Gasteiger partial charge >= 0.3 is 6.03 Å². The van der Waals surface area contributed by atoms with Crippen LogP contribution in [0.2, 0.25) is 0 Å². The Kier molecular flexibility index (Phi) is 5.44. The minimum atomic E-state index is -0.170. The summed E-state index contributed by atoms with van der Waals surface area (Å²) in [5.41, 5.74) is 1.77. The number of nitrogens with one attached hydrogen (secondary N) is 1. The molecule has 0 saturated carbocycles. The fourth-order valence-electron chi connectivity index (χ4n) is 2.54. The van der Waals surface area contributed by atoms with Crippen LogP contribution in [0.1, 0.15) is 31.7 Å². The topological polar surface area (TPSA) is 61.8 Å². The van der Waals surface area contributed by atoms with Crippen molar-refractivity contribution in [2.24, 2.45) is 0 Å². The number of carbonyl (C=O) groups excluding carboxylic acids is 1. The van der Waals surface area contributed by atoms with Gasteiger partial charge in [-0.25, -0.2) is 4.79 Å². The highest BCUT2D eigenvalue weighted by Crippen LogP contribution is 2.27. The van der Waals surface area contributed by atoms with Crippen molar-refractivity contribution < 1.29 is 14.6 Å². The molecule has 1 saturated heterocycles. The second kappa shape index (κ2) is 7.31. The number of anilines is 1. The van der Waals surface area contributed by atoms with Crippen LogP contribution in [0.3, 0.4) is 0 Å². The van der Waals surface area contributed by atoms with Crippen molar-refractivity contribution in [1.82, 2.24) is 4.90 Å². The van der Waals surface area contributed by atoms with Crippen molar-refractivity contribution in [3.05, 3.63) is 23.8 Å². The molecular formula is C16H24N2O3. The second-order valence-corrected chi connectivity index (χ2v) is 5.45. The van der Waals surface area contributed by atoms with Crippen LogP contribution in [0.5, 0.6) is 5.75 Å². The Morgan fingerprint density at radius 2 is 2.33 bits per heavy atom. The highest BCUT2D eigenvalue weighted by Gasteiger charge is 2.28. The number of aryl methyl sites for hydroxylation is 1. The van der Waals surface area contributed by atoms with Crippen LogP contribution in [0.15, 0.2) is 18.2 Å². The molecule has 1 aromatic rings. The number of ether oxygens (including phenoxy) is 1. The number of hydrogen-bond donors (Lipinski definition) is 2. The van der Waals surface area contributed by atoms with E-state index >= 15 is 0 Å². The Morgan fingerprint density at radius 3 is 3.05 bits per heavy atom. The third-order valence-corrected chi connectivity index (χ3v) is 3.69. The lowest BCUT2D eigenvalue weighted by atomic mass is 10.2. The van der Waals surface area contributed by atoms with Gasteiger partial charge in [-0.3, -0.25) is 0 Å². The standard InChI is InChI=1S/C16H24N2O3/c1-3-9-21-15-10-12(2)6-7-14(15)17-16(20)18-8-4-5-13(18)11-19/h6-7,10,13,19H,3-5,8-9,11H2,1-2H3,(H,17,20)/t13-/m0/s1. The van der Waals surface area contributed by atoms with Crippen molar-refractivity contribution in [3.8, 4) is 5.75 Å². The summed E-state index contributed by atoms with van der Waals surface area (Å²) in [7, 11) is 0. The third kappa shape index (κ3) is 3.88. The summed E-state index contributed by atoms with van der Waals surface area (Å²) in [6.45, 7) is 5.36. The fraction of sp³-hybridized carbons (Fsp3) is 0.562. The molecule has 1 fully saturated rings. The molecule has 0 unspecified atom stereocenters. The largest absolute Gasteiger partial charge is 0.491 e. The molecule has 1 aliphatic rings. The molecule has 1 aromatic carbocycles. The molecule has 2 N–H and O–H groups in total. The quantitative estimate of drug-likeness (QED) is 0.877. The zero-order chi connectivity index (χ0) is 15.2. The van der Waals surface area contributed by atoms with Gasteiger partial charge in [0.15, 0.2) is 0 Å². The molecule has 1 atom stereocenters. The molecule has 2 amide bonds. The maximum absolute atomic E-state index is 12.3. The molecule has 5 nitrogen and oxygen atoms in total. The summed E-state index contributed by atoms with van der Waals surface area (Å²) in [4.78, 5) is 14.0. The van der Waals surface area contributed by atoms with Crippen LogP contribution >= 0.6 is 0 Å². The molecule has 0 aliphatic carbocycles. The summed E-state index contributed by atoms with van der Waals surface area (Å²) in [6, 6.07) is 5.50. The van der Waals surface area contributed by atoms with Gasteiger partial charge in [0.25, 0.3) is 0 Å². The first-order chi connectivity index (χ1) is 10.2. The van der Waals surface area contributed by atoms with E-state index in [2.05, 4.69) is 5.32 Å². The molecule has 0 spiro atoms. The van der Waals surface area contributed by atoms with E-state index in [9.17, 15) is 9.90 Å². The van der Waals surface area contributed by atoms with Gasteiger partial charge in [-0.05, 0) is 43.9 Å². The number of rotatable bonds is 5. The van der Waals surface area contributed by atoms with Crippen LogP contribution in [0.25, 0.3) is 0 Å². The second-order valence-electron chi connectivity index (χ2n) is 5.45. The number of aliphatic hydroxyl groups excluding tert-OH is 1. The number of aliphatic hydroxyl groups is 1. The normalized spacial score (nSPS) is 17.9. The number of benzene rings is 1. The first kappa shape index (κ1) is 15.6. The molecule has 116 valence electrons. The van der Waals surface area contributed by atoms with Gasteiger partial charge in [0, 0.05) is 6.54 Å². The molecule has 0 bridgehead atoms. The van der Waals surface area contributed by atoms with E-state index in [1.54, 1.807) is 4.90 Å². The van der Waals surface area contributed by atoms with E-state index in [4.69, 9.17) is 4.74 Å². The minimum absolute atomic E-state index is 0.0144. The van der Waals surface area contributed by atoms with Crippen LogP contribution in [-0.2, 0) is 0 Å². The van der Waals surface area contributed by atoms with Gasteiger partial charge in [0.1, 0.15) is 5.75 Å². The molecule has 1 aliphatic heterocycles. The average molecular weight is 292 g/mol. The number of hydrogen-bond acceptors (Lipinski definition) is 3. The molecule has 2 rings (SSSR count). The summed E-state index contributed by atoms with van der Waals surface area (Å²) in [5.74, 6) is 0.699. The monoisotopic (exact) mass is 292 g/mol. The summed E-state index contributed by atoms with van der Waals surface area (Å²) >= 11 is 0. The molecule has 0 aromatic heterocycles. The van der Waals surface area contributed by atoms with E-state index in [0.29, 0.717) is 24.6 Å². The van der Waals surface area contributed by atoms with E-state index in [1.165, 1.54) is 0 Å². The lowest BCUT2D eigenvalue weighted by molar-refractivity contribution is 0.166. The Bertz CT molecular complexity index is 490. The SMILES string of the molecule is CCCOc1cc(C)ccc1NC(=O)N1CCC[C@H]1CO. The molecular weight excluding hydrogens is 268 g/mol. The van der Waals surface area contributed by atoms with Crippen molar-refractivity contribution in [3.63, 3.8) is 0 Å². The Hall–Kier alpha value is -1.75. The van der Waals surface area contributed by atoms with Crippen molar-refractivity contribution in [2.45, 2.75) is 39.2 Å². The van der Waals surface area contributed by atoms with Gasteiger partial charge in [-0.15, -0.1) is 0 Å². The van der Waals surface area contributed by atoms with Gasteiger partial charge in [0.05, 0.1) is 24.9 Å². The summed E-state index contributed by atoms with van der Waals surface area (Å²) < 4.78 is 5.70. The van der Waals surface area contributed by atoms with E-state index < -0.39 is 0 Å². The fourth-order valence-corrected chi connectivity index (χ4v) is 2.54. The van der Waals surface area contributed by atoms with E-state index in [1.807, 2.05) is 32.0 Å². The maximum Gasteiger partial charge on any atom is 0.322 e. The van der Waals surface area contributed by atoms with Crippen LogP contribution in [0.4, 0.5) is 10.5 Å². The number of amides is 2. The summed E-state index contributed by atoms with van der Waals surface area (Å²) in [5, 5.41) is 12.2. The predicted molar refractivity (Wildman–Crippen MR) is 82.8 cm³/mol. The first-order valence-electron chi connectivity index (χ1n) is 7.57. The van der Waals surface area contributed by atoms with Gasteiger partial charge < -0.3 is 20.1 Å². The number of carbonyl (C=O) groups is 1. The van der Waals surface area contributed by atoms with Gasteiger partial charge in [0.2, 0.25) is 0 Å². The third-order valence-electron chi connectivity index (χ3n) is 3.69. The Morgan fingerprint density at radius 1 is 1.52 bits per heavy atom. The molecule has 0 radical (unpaired) electrons. The minimum Gasteiger partial charge on any atom is -0.491 e. The summed E-state index contributed by atoms with van der Waals surface area (Å²) in [6.07, 6.45) is 2.71.